The first-order valence-corrected chi connectivity index (χ1v) is 15.7. The van der Waals surface area contributed by atoms with Crippen LogP contribution in [0.25, 0.3) is 16.5 Å². The Hall–Kier alpha value is -1.22. The molecule has 0 bridgehead atoms. The molecule has 132 valence electrons. The smallest absolute Gasteiger partial charge is 0.0163 e. The van der Waals surface area contributed by atoms with E-state index in [9.17, 15) is 0 Å². The summed E-state index contributed by atoms with van der Waals surface area (Å²) >= 11 is 3.56. The maximum atomic E-state index is 3.16. The van der Waals surface area contributed by atoms with Gasteiger partial charge >= 0.3 is 41.9 Å². The summed E-state index contributed by atoms with van der Waals surface area (Å²) in [4.78, 5) is 0. The molecule has 4 heteroatoms. The van der Waals surface area contributed by atoms with Crippen molar-refractivity contribution in [1.82, 2.24) is 4.57 Å². The van der Waals surface area contributed by atoms with Crippen LogP contribution in [0.1, 0.15) is 2.85 Å². The Morgan fingerprint density at radius 3 is 2.62 bits per heavy atom. The van der Waals surface area contributed by atoms with Crippen LogP contribution in [0.15, 0.2) is 90.1 Å². The van der Waals surface area contributed by atoms with Crippen molar-refractivity contribution in [3.63, 3.8) is 0 Å². The molecule has 0 N–H and O–H groups in total. The number of thioether (sulfide) groups is 1. The molecule has 2 aromatic carbocycles. The standard InChI is InChI=1S/C13H10N.C7H5S.C2H6Si.Zr.2H/c1-2-6-12-10-13(9-11(12)5-1)14-7-3-4-8-14;1-2-6-4-5-8-7(6)3-1;1-3-2;;;/h1-10H;1-3,5,7H;1-2H3;;;/q2*-1;;+2;2*-1. The number of nitrogens with zero attached hydrogens (tertiary/aromatic N) is 1. The van der Waals surface area contributed by atoms with E-state index in [1.807, 2.05) is 29.3 Å². The Bertz CT molecular complexity index is 937. The van der Waals surface area contributed by atoms with Crippen LogP contribution in [0, 0.1) is 6.08 Å². The van der Waals surface area contributed by atoms with E-state index in [2.05, 4.69) is 90.8 Å². The fraction of sp³-hybridized carbons (Fsp3) is 0.136. The average Bonchev–Trinajstić information content (AvgIpc) is 3.36. The molecule has 1 unspecified atom stereocenters. The molecule has 2 heterocycles. The SMILES string of the molecule is C[Si](C)=[Zr+2].[C-]1=CSC2C=CC=C12.[H-].[H-].c1ccc2[cH-]c(-n3cccc3)cc2c1. The summed E-state index contributed by atoms with van der Waals surface area (Å²) in [6.07, 6.45) is 13.7. The van der Waals surface area contributed by atoms with E-state index in [4.69, 9.17) is 0 Å². The zero-order valence-corrected chi connectivity index (χ0v) is 19.3. The first-order chi connectivity index (χ1) is 12.6. The first-order valence-electron chi connectivity index (χ1n) is 8.56. The van der Waals surface area contributed by atoms with Crippen LogP contribution in [-0.2, 0) is 23.3 Å². The first kappa shape index (κ1) is 19.5. The molecule has 0 radical (unpaired) electrons. The van der Waals surface area contributed by atoms with E-state index in [1.54, 1.807) is 23.3 Å². The molecule has 0 spiro atoms. The molecule has 1 aliphatic carbocycles. The number of hydrogen-bond acceptors (Lipinski definition) is 1. The van der Waals surface area contributed by atoms with Gasteiger partial charge in [0.2, 0.25) is 0 Å². The molecule has 0 saturated carbocycles. The minimum Gasteiger partial charge on any atom is -1.00 e. The van der Waals surface area contributed by atoms with Crippen LogP contribution >= 0.6 is 11.8 Å². The monoisotopic (exact) mass is 451 g/mol. The van der Waals surface area contributed by atoms with Crippen molar-refractivity contribution in [2.75, 3.05) is 0 Å². The van der Waals surface area contributed by atoms with Crippen molar-refractivity contribution in [2.45, 2.75) is 18.3 Å². The fourth-order valence-electron chi connectivity index (χ4n) is 2.67. The van der Waals surface area contributed by atoms with E-state index in [-0.39, 0.29) is 8.29 Å². The van der Waals surface area contributed by atoms with Crippen molar-refractivity contribution in [3.05, 3.63) is 96.2 Å². The summed E-state index contributed by atoms with van der Waals surface area (Å²) in [7, 11) is 0. The van der Waals surface area contributed by atoms with Gasteiger partial charge < -0.3 is 7.42 Å². The second-order valence-electron chi connectivity index (χ2n) is 6.26. The molecule has 1 aromatic heterocycles. The Kier molecular flexibility index (Phi) is 7.24. The molecule has 3 aromatic rings. The van der Waals surface area contributed by atoms with Crippen molar-refractivity contribution in [2.24, 2.45) is 0 Å². The van der Waals surface area contributed by atoms with Gasteiger partial charge in [0.25, 0.3) is 0 Å². The number of allylic oxidation sites excluding steroid dienone is 3. The molecular formula is C22H23NSSiZr-2. The Labute approximate surface area is 178 Å². The van der Waals surface area contributed by atoms with Crippen molar-refractivity contribution < 1.29 is 26.2 Å². The van der Waals surface area contributed by atoms with Crippen LogP contribution in [0.3, 0.4) is 0 Å². The van der Waals surface area contributed by atoms with Gasteiger partial charge in [-0.2, -0.15) is 0 Å². The molecule has 5 rings (SSSR count). The second kappa shape index (κ2) is 9.64. The molecule has 26 heavy (non-hydrogen) atoms. The maximum Gasteiger partial charge on any atom is 0.0163 e. The average molecular weight is 453 g/mol. The van der Waals surface area contributed by atoms with Gasteiger partial charge in [0.05, 0.1) is 0 Å². The van der Waals surface area contributed by atoms with E-state index in [0.717, 1.165) is 0 Å². The summed E-state index contributed by atoms with van der Waals surface area (Å²) in [5, 5.41) is 5.24. The Morgan fingerprint density at radius 1 is 1.19 bits per heavy atom. The summed E-state index contributed by atoms with van der Waals surface area (Å²) in [6, 6.07) is 16.9. The third kappa shape index (κ3) is 5.39. The van der Waals surface area contributed by atoms with Crippen LogP contribution in [0.4, 0.5) is 0 Å². The molecule has 0 saturated heterocycles. The van der Waals surface area contributed by atoms with Crippen molar-refractivity contribution >= 4 is 28.0 Å². The van der Waals surface area contributed by atoms with E-state index >= 15 is 0 Å². The number of hydrogen-bond donors (Lipinski definition) is 0. The predicted molar refractivity (Wildman–Crippen MR) is 115 cm³/mol. The zero-order chi connectivity index (χ0) is 18.4. The van der Waals surface area contributed by atoms with Gasteiger partial charge in [0.1, 0.15) is 0 Å². The third-order valence-electron chi connectivity index (χ3n) is 3.81. The van der Waals surface area contributed by atoms with E-state index in [0.29, 0.717) is 5.25 Å². The van der Waals surface area contributed by atoms with Gasteiger partial charge in [-0.15, -0.1) is 64.4 Å². The maximum absolute atomic E-state index is 3.16. The molecule has 1 atom stereocenters. The number of aromatic nitrogens is 1. The normalized spacial score (nSPS) is 16.5. The van der Waals surface area contributed by atoms with Gasteiger partial charge in [-0.1, -0.05) is 12.1 Å². The fourth-order valence-corrected chi connectivity index (χ4v) is 3.50. The van der Waals surface area contributed by atoms with Crippen molar-refractivity contribution in [3.8, 4) is 5.69 Å². The van der Waals surface area contributed by atoms with E-state index < -0.39 is 0 Å². The van der Waals surface area contributed by atoms with Crippen LogP contribution in [0.5, 0.6) is 0 Å². The summed E-state index contributed by atoms with van der Waals surface area (Å²) in [5.74, 6) is 0. The van der Waals surface area contributed by atoms with E-state index in [1.165, 1.54) is 22.0 Å². The number of benzene rings is 1. The van der Waals surface area contributed by atoms with Crippen LogP contribution in [0.2, 0.25) is 13.1 Å². The minimum atomic E-state index is 0. The Morgan fingerprint density at radius 2 is 1.92 bits per heavy atom. The zero-order valence-electron chi connectivity index (χ0n) is 17.0. The van der Waals surface area contributed by atoms with Gasteiger partial charge in [-0.05, 0) is 17.8 Å². The second-order valence-corrected chi connectivity index (χ2v) is 16.6. The predicted octanol–water partition coefficient (Wildman–Crippen LogP) is 6.27. The minimum absolute atomic E-state index is 0. The van der Waals surface area contributed by atoms with Gasteiger partial charge in [0, 0.05) is 17.6 Å². The largest absolute Gasteiger partial charge is 1.00 e. The van der Waals surface area contributed by atoms with Gasteiger partial charge in [-0.3, -0.25) is 0 Å². The topological polar surface area (TPSA) is 4.93 Å². The molecule has 1 aliphatic heterocycles. The Balaban J connectivity index is 0.000000240. The summed E-state index contributed by atoms with van der Waals surface area (Å²) < 4.78 is 2.12. The van der Waals surface area contributed by atoms with Crippen LogP contribution < -0.4 is 0 Å². The molecular weight excluding hydrogens is 430 g/mol. The number of rotatable bonds is 1. The number of fused-ring (bicyclic) bond motifs is 2. The van der Waals surface area contributed by atoms with Gasteiger partial charge in [-0.25, -0.2) is 17.7 Å². The van der Waals surface area contributed by atoms with Crippen molar-refractivity contribution in [1.29, 1.82) is 0 Å². The summed E-state index contributed by atoms with van der Waals surface area (Å²) in [6.45, 7) is 4.62. The summed E-state index contributed by atoms with van der Waals surface area (Å²) in [5.41, 5.74) is 2.77. The van der Waals surface area contributed by atoms with Crippen LogP contribution in [-0.4, -0.2) is 15.3 Å². The quantitative estimate of drug-likeness (QED) is 0.311. The molecule has 0 amide bonds. The molecule has 1 nitrogen and oxygen atoms in total. The van der Waals surface area contributed by atoms with Gasteiger partial charge in [0.15, 0.2) is 0 Å². The third-order valence-corrected chi connectivity index (χ3v) is 4.77. The molecule has 2 aliphatic rings. The molecule has 0 fully saturated rings.